The summed E-state index contributed by atoms with van der Waals surface area (Å²) < 4.78 is 13.1. The van der Waals surface area contributed by atoms with Crippen LogP contribution >= 0.6 is 23.2 Å². The number of benzene rings is 1. The first-order valence-corrected chi connectivity index (χ1v) is 5.04. The molecule has 0 aliphatic heterocycles. The molecule has 1 saturated carbocycles. The van der Waals surface area contributed by atoms with Gasteiger partial charge in [-0.2, -0.15) is 0 Å². The van der Waals surface area contributed by atoms with Crippen molar-refractivity contribution in [2.24, 2.45) is 5.92 Å². The zero-order chi connectivity index (χ0) is 10.3. The van der Waals surface area contributed by atoms with Crippen LogP contribution in [0.25, 0.3) is 0 Å². The molecule has 0 aromatic heterocycles. The molecule has 0 amide bonds. The van der Waals surface area contributed by atoms with E-state index in [0.29, 0.717) is 0 Å². The number of carbonyl (C=O) groups excluding carboxylic acids is 1. The Labute approximate surface area is 90.8 Å². The lowest BCUT2D eigenvalue weighted by atomic mass is 10.1. The molecule has 0 N–H and O–H groups in total. The molecule has 1 aromatic carbocycles. The fourth-order valence-electron chi connectivity index (χ4n) is 1.30. The molecule has 1 nitrogen and oxygen atoms in total. The quantitative estimate of drug-likeness (QED) is 0.561. The van der Waals surface area contributed by atoms with Gasteiger partial charge in [-0.15, -0.1) is 0 Å². The van der Waals surface area contributed by atoms with Gasteiger partial charge in [-0.05, 0) is 25.0 Å². The van der Waals surface area contributed by atoms with Crippen LogP contribution in [-0.2, 0) is 0 Å². The molecule has 0 spiro atoms. The Bertz CT molecular complexity index is 399. The van der Waals surface area contributed by atoms with E-state index in [9.17, 15) is 9.18 Å². The second kappa shape index (κ2) is 3.52. The van der Waals surface area contributed by atoms with E-state index in [2.05, 4.69) is 0 Å². The molecule has 2 rings (SSSR count). The van der Waals surface area contributed by atoms with Gasteiger partial charge in [-0.1, -0.05) is 23.2 Å². The Balaban J connectivity index is 2.45. The molecule has 74 valence electrons. The molecular formula is C10H7Cl2FO. The third-order valence-corrected chi connectivity index (χ3v) is 2.81. The van der Waals surface area contributed by atoms with Crippen LogP contribution in [-0.4, -0.2) is 5.78 Å². The van der Waals surface area contributed by atoms with Gasteiger partial charge in [0, 0.05) is 16.5 Å². The largest absolute Gasteiger partial charge is 0.294 e. The summed E-state index contributed by atoms with van der Waals surface area (Å²) >= 11 is 11.3. The Kier molecular flexibility index (Phi) is 2.50. The van der Waals surface area contributed by atoms with Crippen LogP contribution in [0, 0.1) is 11.7 Å². The van der Waals surface area contributed by atoms with Gasteiger partial charge in [0.1, 0.15) is 5.82 Å². The highest BCUT2D eigenvalue weighted by atomic mass is 35.5. The molecule has 0 unspecified atom stereocenters. The zero-order valence-electron chi connectivity index (χ0n) is 7.19. The van der Waals surface area contributed by atoms with Gasteiger partial charge in [0.05, 0.1) is 5.02 Å². The number of hydrogen-bond acceptors (Lipinski definition) is 1. The molecule has 0 saturated heterocycles. The minimum absolute atomic E-state index is 0.0189. The summed E-state index contributed by atoms with van der Waals surface area (Å²) in [6.07, 6.45) is 1.73. The van der Waals surface area contributed by atoms with E-state index >= 15 is 0 Å². The second-order valence-electron chi connectivity index (χ2n) is 3.39. The van der Waals surface area contributed by atoms with Gasteiger partial charge in [0.2, 0.25) is 0 Å². The minimum Gasteiger partial charge on any atom is -0.294 e. The molecule has 0 heterocycles. The van der Waals surface area contributed by atoms with Gasteiger partial charge in [0.15, 0.2) is 5.78 Å². The van der Waals surface area contributed by atoms with Crippen molar-refractivity contribution in [3.05, 3.63) is 33.6 Å². The topological polar surface area (TPSA) is 17.1 Å². The van der Waals surface area contributed by atoms with Gasteiger partial charge < -0.3 is 0 Å². The lowest BCUT2D eigenvalue weighted by Crippen LogP contribution is -2.03. The van der Waals surface area contributed by atoms with Crippen LogP contribution in [0.5, 0.6) is 0 Å². The predicted molar refractivity (Wildman–Crippen MR) is 53.5 cm³/mol. The smallest absolute Gasteiger partial charge is 0.167 e. The van der Waals surface area contributed by atoms with E-state index in [4.69, 9.17) is 23.2 Å². The van der Waals surface area contributed by atoms with Crippen molar-refractivity contribution >= 4 is 29.0 Å². The molecule has 1 fully saturated rings. The molecule has 0 bridgehead atoms. The Morgan fingerprint density at radius 1 is 1.36 bits per heavy atom. The number of carbonyl (C=O) groups is 1. The first-order valence-electron chi connectivity index (χ1n) is 4.28. The average Bonchev–Trinajstić information content (AvgIpc) is 2.93. The monoisotopic (exact) mass is 232 g/mol. The molecule has 0 radical (unpaired) electrons. The van der Waals surface area contributed by atoms with Crippen LogP contribution < -0.4 is 0 Å². The van der Waals surface area contributed by atoms with E-state index in [1.54, 1.807) is 0 Å². The standard InChI is InChI=1S/C10H7Cl2FO/c11-6-3-7(9(12)8(13)4-6)10(14)5-1-2-5/h3-5H,1-2H2. The van der Waals surface area contributed by atoms with Gasteiger partial charge in [-0.3, -0.25) is 4.79 Å². The van der Waals surface area contributed by atoms with Crippen molar-refractivity contribution < 1.29 is 9.18 Å². The third kappa shape index (κ3) is 1.77. The summed E-state index contributed by atoms with van der Waals surface area (Å²) in [7, 11) is 0. The number of Topliss-reactive ketones (excluding diaryl/α,β-unsaturated/α-hetero) is 1. The SMILES string of the molecule is O=C(c1cc(Cl)cc(F)c1Cl)C1CC1. The molecule has 4 heteroatoms. The summed E-state index contributed by atoms with van der Waals surface area (Å²) in [6, 6.07) is 2.53. The van der Waals surface area contributed by atoms with Crippen molar-refractivity contribution in [3.8, 4) is 0 Å². The summed E-state index contributed by atoms with van der Waals surface area (Å²) in [6.45, 7) is 0. The van der Waals surface area contributed by atoms with Crippen LogP contribution in [0.4, 0.5) is 4.39 Å². The van der Waals surface area contributed by atoms with E-state index in [1.807, 2.05) is 0 Å². The maximum Gasteiger partial charge on any atom is 0.167 e. The van der Waals surface area contributed by atoms with Crippen LogP contribution in [0.2, 0.25) is 10.0 Å². The van der Waals surface area contributed by atoms with Crippen molar-refractivity contribution in [3.63, 3.8) is 0 Å². The lowest BCUT2D eigenvalue weighted by molar-refractivity contribution is 0.0967. The maximum absolute atomic E-state index is 13.1. The summed E-state index contributed by atoms with van der Waals surface area (Å²) in [5.41, 5.74) is 0.208. The van der Waals surface area contributed by atoms with E-state index < -0.39 is 5.82 Å². The highest BCUT2D eigenvalue weighted by Gasteiger charge is 2.32. The first-order chi connectivity index (χ1) is 6.59. The maximum atomic E-state index is 13.1. The molecule has 14 heavy (non-hydrogen) atoms. The van der Waals surface area contributed by atoms with Gasteiger partial charge in [0.25, 0.3) is 0 Å². The van der Waals surface area contributed by atoms with Crippen LogP contribution in [0.1, 0.15) is 23.2 Å². The normalized spacial score (nSPS) is 15.6. The number of hydrogen-bond donors (Lipinski definition) is 0. The molecule has 1 aromatic rings. The average molecular weight is 233 g/mol. The van der Waals surface area contributed by atoms with E-state index in [0.717, 1.165) is 18.9 Å². The highest BCUT2D eigenvalue weighted by Crippen LogP contribution is 2.36. The second-order valence-corrected chi connectivity index (χ2v) is 4.20. The number of ketones is 1. The Morgan fingerprint density at radius 3 is 2.57 bits per heavy atom. The first kappa shape index (κ1) is 9.94. The molecular weight excluding hydrogens is 226 g/mol. The fraction of sp³-hybridized carbons (Fsp3) is 0.300. The molecule has 1 aliphatic carbocycles. The Morgan fingerprint density at radius 2 is 2.00 bits per heavy atom. The highest BCUT2D eigenvalue weighted by molar-refractivity contribution is 6.36. The van der Waals surface area contributed by atoms with Gasteiger partial charge >= 0.3 is 0 Å². The van der Waals surface area contributed by atoms with E-state index in [-0.39, 0.29) is 27.3 Å². The molecule has 0 atom stereocenters. The van der Waals surface area contributed by atoms with Crippen LogP contribution in [0.15, 0.2) is 12.1 Å². The fourth-order valence-corrected chi connectivity index (χ4v) is 1.71. The minimum atomic E-state index is -0.636. The predicted octanol–water partition coefficient (Wildman–Crippen LogP) is 3.73. The third-order valence-electron chi connectivity index (χ3n) is 2.21. The van der Waals surface area contributed by atoms with Crippen LogP contribution in [0.3, 0.4) is 0 Å². The summed E-state index contributed by atoms with van der Waals surface area (Å²) in [5.74, 6) is -0.718. The Hall–Kier alpha value is -0.600. The van der Waals surface area contributed by atoms with Gasteiger partial charge in [-0.25, -0.2) is 4.39 Å². The number of rotatable bonds is 2. The number of halogens is 3. The van der Waals surface area contributed by atoms with Crippen molar-refractivity contribution in [2.75, 3.05) is 0 Å². The zero-order valence-corrected chi connectivity index (χ0v) is 8.70. The lowest BCUT2D eigenvalue weighted by Gasteiger charge is -2.03. The molecule has 1 aliphatic rings. The van der Waals surface area contributed by atoms with Crippen molar-refractivity contribution in [1.82, 2.24) is 0 Å². The van der Waals surface area contributed by atoms with Crippen molar-refractivity contribution in [2.45, 2.75) is 12.8 Å². The van der Waals surface area contributed by atoms with E-state index in [1.165, 1.54) is 6.07 Å². The summed E-state index contributed by atoms with van der Waals surface area (Å²) in [5, 5.41) is 0.0854. The van der Waals surface area contributed by atoms with Crippen molar-refractivity contribution in [1.29, 1.82) is 0 Å². The summed E-state index contributed by atoms with van der Waals surface area (Å²) in [4.78, 5) is 11.6.